The van der Waals surface area contributed by atoms with Gasteiger partial charge in [-0.15, -0.1) is 0 Å². The van der Waals surface area contributed by atoms with Gasteiger partial charge in [0.25, 0.3) is 0 Å². The summed E-state index contributed by atoms with van der Waals surface area (Å²) in [5, 5.41) is 9.14. The molecule has 0 aliphatic carbocycles. The zero-order valence-corrected chi connectivity index (χ0v) is 11.0. The minimum atomic E-state index is -1.03. The van der Waals surface area contributed by atoms with Crippen LogP contribution in [0.1, 0.15) is 17.3 Å². The fraction of sp³-hybridized carbons (Fsp3) is 0.143. The highest BCUT2D eigenvalue weighted by molar-refractivity contribution is 6.29. The van der Waals surface area contributed by atoms with Crippen molar-refractivity contribution < 1.29 is 14.6 Å². The van der Waals surface area contributed by atoms with E-state index in [9.17, 15) is 4.79 Å². The molecule has 2 aromatic rings. The number of carboxylic acid groups (broad SMARTS) is 1. The molecule has 0 radical (unpaired) electrons. The summed E-state index contributed by atoms with van der Waals surface area (Å²) in [6.45, 7) is 2.50. The Hall–Kier alpha value is -2.07. The third kappa shape index (κ3) is 3.23. The van der Waals surface area contributed by atoms with Crippen molar-refractivity contribution in [3.63, 3.8) is 0 Å². The van der Waals surface area contributed by atoms with E-state index in [0.29, 0.717) is 12.3 Å². The van der Waals surface area contributed by atoms with Crippen molar-refractivity contribution in [1.29, 1.82) is 0 Å². The molecule has 2 rings (SSSR count). The predicted octanol–water partition coefficient (Wildman–Crippen LogP) is 3.50. The average Bonchev–Trinajstić information content (AvgIpc) is 2.39. The molecule has 0 spiro atoms. The monoisotopic (exact) mass is 277 g/mol. The van der Waals surface area contributed by atoms with Crippen LogP contribution in [0.25, 0.3) is 11.3 Å². The zero-order valence-electron chi connectivity index (χ0n) is 10.3. The molecule has 0 bridgehead atoms. The van der Waals surface area contributed by atoms with Crippen LogP contribution in [-0.4, -0.2) is 22.7 Å². The van der Waals surface area contributed by atoms with Gasteiger partial charge in [-0.05, 0) is 43.3 Å². The smallest absolute Gasteiger partial charge is 0.335 e. The van der Waals surface area contributed by atoms with Crippen LogP contribution in [0, 0.1) is 0 Å². The highest BCUT2D eigenvalue weighted by atomic mass is 35.5. The van der Waals surface area contributed by atoms with Gasteiger partial charge in [-0.25, -0.2) is 9.78 Å². The summed E-state index contributed by atoms with van der Waals surface area (Å²) in [5.74, 6) is -0.275. The number of nitrogens with zero attached hydrogens (tertiary/aromatic N) is 1. The second-order valence-electron chi connectivity index (χ2n) is 3.83. The van der Waals surface area contributed by atoms with Crippen molar-refractivity contribution in [2.45, 2.75) is 6.92 Å². The molecule has 0 aliphatic heterocycles. The second-order valence-corrected chi connectivity index (χ2v) is 4.21. The highest BCUT2D eigenvalue weighted by Gasteiger charge is 2.09. The molecular weight excluding hydrogens is 266 g/mol. The van der Waals surface area contributed by atoms with Crippen molar-refractivity contribution in [3.8, 4) is 17.0 Å². The lowest BCUT2D eigenvalue weighted by Crippen LogP contribution is -1.98. The number of rotatable bonds is 4. The number of benzene rings is 1. The predicted molar refractivity (Wildman–Crippen MR) is 72.8 cm³/mol. The van der Waals surface area contributed by atoms with E-state index in [1.165, 1.54) is 12.1 Å². The van der Waals surface area contributed by atoms with Gasteiger partial charge >= 0.3 is 5.97 Å². The summed E-state index contributed by atoms with van der Waals surface area (Å²) in [6, 6.07) is 10.1. The Morgan fingerprint density at radius 2 is 2.00 bits per heavy atom. The van der Waals surface area contributed by atoms with E-state index < -0.39 is 5.97 Å². The first-order valence-corrected chi connectivity index (χ1v) is 6.12. The van der Waals surface area contributed by atoms with Crippen molar-refractivity contribution in [3.05, 3.63) is 47.1 Å². The Balaban J connectivity index is 2.38. The van der Waals surface area contributed by atoms with E-state index in [2.05, 4.69) is 4.98 Å². The summed E-state index contributed by atoms with van der Waals surface area (Å²) >= 11 is 5.83. The number of hydrogen-bond acceptors (Lipinski definition) is 3. The molecule has 98 valence electrons. The van der Waals surface area contributed by atoms with E-state index in [0.717, 1.165) is 11.3 Å². The molecule has 4 nitrogen and oxygen atoms in total. The minimum absolute atomic E-state index is 0.115. The van der Waals surface area contributed by atoms with Crippen molar-refractivity contribution in [1.82, 2.24) is 4.98 Å². The Bertz CT molecular complexity index is 596. The van der Waals surface area contributed by atoms with Gasteiger partial charge in [0.05, 0.1) is 17.9 Å². The summed E-state index contributed by atoms with van der Waals surface area (Å²) in [6.07, 6.45) is 0. The molecule has 1 N–H and O–H groups in total. The number of carboxylic acids is 1. The first kappa shape index (κ1) is 13.4. The summed E-state index contributed by atoms with van der Waals surface area (Å²) < 4.78 is 5.34. The first-order valence-electron chi connectivity index (χ1n) is 5.74. The van der Waals surface area contributed by atoms with Gasteiger partial charge in [-0.1, -0.05) is 11.6 Å². The Morgan fingerprint density at radius 1 is 1.32 bits per heavy atom. The second kappa shape index (κ2) is 5.71. The maximum Gasteiger partial charge on any atom is 0.335 e. The molecule has 0 atom stereocenters. The molecule has 0 saturated heterocycles. The quantitative estimate of drug-likeness (QED) is 0.869. The average molecular weight is 278 g/mol. The molecule has 0 aliphatic rings. The SMILES string of the molecule is CCOc1ccc(-c2cc(C(=O)O)cc(Cl)n2)cc1. The third-order valence-corrected chi connectivity index (χ3v) is 2.70. The van der Waals surface area contributed by atoms with Crippen LogP contribution in [0.5, 0.6) is 5.75 Å². The molecule has 5 heteroatoms. The van der Waals surface area contributed by atoms with Crippen molar-refractivity contribution in [2.75, 3.05) is 6.61 Å². The maximum atomic E-state index is 11.0. The largest absolute Gasteiger partial charge is 0.494 e. The molecule has 1 aromatic heterocycles. The maximum absolute atomic E-state index is 11.0. The minimum Gasteiger partial charge on any atom is -0.494 e. The Labute approximate surface area is 115 Å². The molecule has 0 saturated carbocycles. The normalized spacial score (nSPS) is 10.2. The molecule has 1 aromatic carbocycles. The summed E-state index contributed by atoms with van der Waals surface area (Å²) in [4.78, 5) is 15.1. The third-order valence-electron chi connectivity index (χ3n) is 2.50. The zero-order chi connectivity index (χ0) is 13.8. The van der Waals surface area contributed by atoms with Gasteiger partial charge < -0.3 is 9.84 Å². The van der Waals surface area contributed by atoms with Crippen LogP contribution in [0.3, 0.4) is 0 Å². The molecule has 0 amide bonds. The molecule has 0 unspecified atom stereocenters. The van der Waals surface area contributed by atoms with E-state index in [1.807, 2.05) is 31.2 Å². The van der Waals surface area contributed by atoms with Crippen LogP contribution in [-0.2, 0) is 0 Å². The topological polar surface area (TPSA) is 59.4 Å². The van der Waals surface area contributed by atoms with Gasteiger partial charge in [-0.3, -0.25) is 0 Å². The number of aromatic nitrogens is 1. The van der Waals surface area contributed by atoms with Crippen LogP contribution in [0.15, 0.2) is 36.4 Å². The lowest BCUT2D eigenvalue weighted by molar-refractivity contribution is 0.0697. The number of hydrogen-bond donors (Lipinski definition) is 1. The fourth-order valence-electron chi connectivity index (χ4n) is 1.66. The fourth-order valence-corrected chi connectivity index (χ4v) is 1.87. The van der Waals surface area contributed by atoms with E-state index in [1.54, 1.807) is 0 Å². The number of carbonyl (C=O) groups is 1. The standard InChI is InChI=1S/C14H12ClNO3/c1-2-19-11-5-3-9(4-6-11)12-7-10(14(17)18)8-13(15)16-12/h3-8H,2H2,1H3,(H,17,18). The Kier molecular flexibility index (Phi) is 4.02. The van der Waals surface area contributed by atoms with Crippen LogP contribution >= 0.6 is 11.6 Å². The molecule has 1 heterocycles. The summed E-state index contributed by atoms with van der Waals surface area (Å²) in [7, 11) is 0. The van der Waals surface area contributed by atoms with Crippen molar-refractivity contribution in [2.24, 2.45) is 0 Å². The van der Waals surface area contributed by atoms with Gasteiger partial charge in [-0.2, -0.15) is 0 Å². The van der Waals surface area contributed by atoms with E-state index >= 15 is 0 Å². The van der Waals surface area contributed by atoms with Gasteiger partial charge in [0.2, 0.25) is 0 Å². The van der Waals surface area contributed by atoms with Crippen LogP contribution in [0.4, 0.5) is 0 Å². The van der Waals surface area contributed by atoms with E-state index in [4.69, 9.17) is 21.4 Å². The van der Waals surface area contributed by atoms with Crippen LogP contribution < -0.4 is 4.74 Å². The molecule has 0 fully saturated rings. The van der Waals surface area contributed by atoms with Crippen LogP contribution in [0.2, 0.25) is 5.15 Å². The highest BCUT2D eigenvalue weighted by Crippen LogP contribution is 2.23. The van der Waals surface area contributed by atoms with Crippen molar-refractivity contribution >= 4 is 17.6 Å². The number of aromatic carboxylic acids is 1. The first-order chi connectivity index (χ1) is 9.10. The lowest BCUT2D eigenvalue weighted by atomic mass is 10.1. The van der Waals surface area contributed by atoms with Gasteiger partial charge in [0.1, 0.15) is 10.9 Å². The number of ether oxygens (including phenoxy) is 1. The number of halogens is 1. The van der Waals surface area contributed by atoms with E-state index in [-0.39, 0.29) is 10.7 Å². The molecular formula is C14H12ClNO3. The molecule has 19 heavy (non-hydrogen) atoms. The van der Waals surface area contributed by atoms with Gasteiger partial charge in [0.15, 0.2) is 0 Å². The summed E-state index contributed by atoms with van der Waals surface area (Å²) in [5.41, 5.74) is 1.42. The van der Waals surface area contributed by atoms with Gasteiger partial charge in [0, 0.05) is 5.56 Å². The number of pyridine rings is 1. The lowest BCUT2D eigenvalue weighted by Gasteiger charge is -2.06. The Morgan fingerprint density at radius 3 is 2.58 bits per heavy atom.